The summed E-state index contributed by atoms with van der Waals surface area (Å²) >= 11 is 1.91. The van der Waals surface area contributed by atoms with E-state index >= 15 is 0 Å². The van der Waals surface area contributed by atoms with Crippen molar-refractivity contribution in [2.75, 3.05) is 19.3 Å². The fraction of sp³-hybridized carbons (Fsp3) is 0.455. The fourth-order valence-electron chi connectivity index (χ4n) is 3.18. The van der Waals surface area contributed by atoms with Crippen molar-refractivity contribution in [1.82, 2.24) is 5.32 Å². The quantitative estimate of drug-likeness (QED) is 0.624. The third kappa shape index (κ3) is 5.88. The number of likely N-dealkylation sites (N-methyl/N-ethyl adjacent to an activating group) is 1. The fourth-order valence-corrected chi connectivity index (χ4v) is 4.34. The van der Waals surface area contributed by atoms with Crippen molar-refractivity contribution in [3.8, 4) is 0 Å². The van der Waals surface area contributed by atoms with E-state index in [0.29, 0.717) is 6.54 Å². The summed E-state index contributed by atoms with van der Waals surface area (Å²) in [7, 11) is 1.88. The zero-order valence-electron chi connectivity index (χ0n) is 15.8. The van der Waals surface area contributed by atoms with Gasteiger partial charge in [0.25, 0.3) is 0 Å². The zero-order valence-corrected chi connectivity index (χ0v) is 16.6. The van der Waals surface area contributed by atoms with Gasteiger partial charge < -0.3 is 10.4 Å². The van der Waals surface area contributed by atoms with Crippen molar-refractivity contribution in [1.29, 1.82) is 0 Å². The van der Waals surface area contributed by atoms with Crippen LogP contribution in [0.25, 0.3) is 0 Å². The molecule has 0 aliphatic carbocycles. The maximum absolute atomic E-state index is 11.1. The minimum Gasteiger partial charge on any atom is -0.388 e. The first-order chi connectivity index (χ1) is 11.9. The van der Waals surface area contributed by atoms with Crippen LogP contribution in [0, 0.1) is 5.92 Å². The molecule has 0 aliphatic rings. The number of aliphatic hydroxyl groups is 1. The SMILES string of the molecule is CNCC(C)(O)C(c1ccccc1)c1ccc(SCCC(C)C)cc1. The van der Waals surface area contributed by atoms with Crippen molar-refractivity contribution in [3.63, 3.8) is 0 Å². The van der Waals surface area contributed by atoms with Gasteiger partial charge >= 0.3 is 0 Å². The van der Waals surface area contributed by atoms with Gasteiger partial charge in [-0.15, -0.1) is 11.8 Å². The van der Waals surface area contributed by atoms with Crippen LogP contribution in [0.15, 0.2) is 59.5 Å². The first-order valence-electron chi connectivity index (χ1n) is 9.08. The third-order valence-corrected chi connectivity index (χ3v) is 5.51. The van der Waals surface area contributed by atoms with E-state index in [9.17, 15) is 5.11 Å². The average molecular weight is 358 g/mol. The molecule has 0 heterocycles. The number of thioether (sulfide) groups is 1. The van der Waals surface area contributed by atoms with Crippen LogP contribution >= 0.6 is 11.8 Å². The maximum Gasteiger partial charge on any atom is 0.0851 e. The number of hydrogen-bond donors (Lipinski definition) is 2. The Morgan fingerprint density at radius 3 is 2.16 bits per heavy atom. The van der Waals surface area contributed by atoms with Crippen molar-refractivity contribution in [3.05, 3.63) is 65.7 Å². The van der Waals surface area contributed by atoms with Crippen LogP contribution in [0.4, 0.5) is 0 Å². The summed E-state index contributed by atoms with van der Waals surface area (Å²) in [6.45, 7) is 6.97. The highest BCUT2D eigenvalue weighted by Crippen LogP contribution is 2.35. The van der Waals surface area contributed by atoms with Crippen LogP contribution in [-0.4, -0.2) is 30.1 Å². The van der Waals surface area contributed by atoms with Crippen molar-refractivity contribution >= 4 is 11.8 Å². The van der Waals surface area contributed by atoms with Crippen LogP contribution in [0.2, 0.25) is 0 Å². The van der Waals surface area contributed by atoms with E-state index in [4.69, 9.17) is 0 Å². The van der Waals surface area contributed by atoms with Gasteiger partial charge in [-0.3, -0.25) is 0 Å². The summed E-state index contributed by atoms with van der Waals surface area (Å²) in [6, 6.07) is 19.0. The van der Waals surface area contributed by atoms with Gasteiger partial charge in [-0.25, -0.2) is 0 Å². The normalized spacial score (nSPS) is 15.1. The summed E-state index contributed by atoms with van der Waals surface area (Å²) in [5.74, 6) is 1.83. The molecule has 0 aliphatic heterocycles. The number of nitrogens with one attached hydrogen (secondary N) is 1. The topological polar surface area (TPSA) is 32.3 Å². The molecule has 0 fully saturated rings. The van der Waals surface area contributed by atoms with E-state index in [1.54, 1.807) is 0 Å². The Bertz CT molecular complexity index is 622. The summed E-state index contributed by atoms with van der Waals surface area (Å²) in [6.07, 6.45) is 1.23. The molecule has 0 bridgehead atoms. The Morgan fingerprint density at radius 1 is 1.00 bits per heavy atom. The highest BCUT2D eigenvalue weighted by molar-refractivity contribution is 7.99. The Balaban J connectivity index is 2.23. The zero-order chi connectivity index (χ0) is 18.3. The van der Waals surface area contributed by atoms with Gasteiger partial charge in [-0.2, -0.15) is 0 Å². The van der Waals surface area contributed by atoms with Crippen LogP contribution in [-0.2, 0) is 0 Å². The first kappa shape index (κ1) is 20.0. The van der Waals surface area contributed by atoms with E-state index in [1.165, 1.54) is 11.3 Å². The molecule has 0 amide bonds. The highest BCUT2D eigenvalue weighted by Gasteiger charge is 2.33. The van der Waals surface area contributed by atoms with Crippen molar-refractivity contribution in [2.45, 2.75) is 43.6 Å². The lowest BCUT2D eigenvalue weighted by molar-refractivity contribution is 0.0448. The summed E-state index contributed by atoms with van der Waals surface area (Å²) in [5, 5.41) is 14.2. The Hall–Kier alpha value is -1.29. The second-order valence-electron chi connectivity index (χ2n) is 7.33. The molecule has 2 aromatic carbocycles. The summed E-state index contributed by atoms with van der Waals surface area (Å²) in [5.41, 5.74) is 1.44. The average Bonchev–Trinajstić information content (AvgIpc) is 2.57. The van der Waals surface area contributed by atoms with Gasteiger partial charge in [0, 0.05) is 17.4 Å². The molecule has 2 nitrogen and oxygen atoms in total. The smallest absolute Gasteiger partial charge is 0.0851 e. The summed E-state index contributed by atoms with van der Waals surface area (Å²) in [4.78, 5) is 1.30. The first-order valence-corrected chi connectivity index (χ1v) is 10.1. The van der Waals surface area contributed by atoms with E-state index in [2.05, 4.69) is 55.6 Å². The number of hydrogen-bond acceptors (Lipinski definition) is 3. The molecule has 136 valence electrons. The molecule has 2 N–H and O–H groups in total. The van der Waals surface area contributed by atoms with E-state index in [0.717, 1.165) is 22.8 Å². The lowest BCUT2D eigenvalue weighted by Crippen LogP contribution is -2.42. The Morgan fingerprint density at radius 2 is 1.60 bits per heavy atom. The lowest BCUT2D eigenvalue weighted by atomic mass is 9.78. The molecule has 2 rings (SSSR count). The Kier molecular flexibility index (Phi) is 7.55. The largest absolute Gasteiger partial charge is 0.388 e. The standard InChI is InChI=1S/C22H31NOS/c1-17(2)14-15-25-20-12-10-19(11-13-20)21(22(3,24)16-23-4)18-8-6-5-7-9-18/h5-13,17,21,23-24H,14-16H2,1-4H3. The minimum absolute atomic E-state index is 0.0594. The lowest BCUT2D eigenvalue weighted by Gasteiger charge is -2.34. The van der Waals surface area contributed by atoms with Crippen molar-refractivity contribution < 1.29 is 5.11 Å². The molecule has 2 atom stereocenters. The summed E-state index contributed by atoms with van der Waals surface area (Å²) < 4.78 is 0. The number of rotatable bonds is 9. The van der Waals surface area contributed by atoms with Crippen LogP contribution in [0.5, 0.6) is 0 Å². The molecule has 0 radical (unpaired) electrons. The molecular formula is C22H31NOS. The predicted octanol–water partition coefficient (Wildman–Crippen LogP) is 4.93. The molecular weight excluding hydrogens is 326 g/mol. The predicted molar refractivity (Wildman–Crippen MR) is 109 cm³/mol. The Labute approximate surface area is 157 Å². The van der Waals surface area contributed by atoms with Crippen molar-refractivity contribution in [2.24, 2.45) is 5.92 Å². The molecule has 0 aromatic heterocycles. The maximum atomic E-state index is 11.1. The second-order valence-corrected chi connectivity index (χ2v) is 8.50. The van der Waals surface area contributed by atoms with Crippen LogP contribution in [0.3, 0.4) is 0 Å². The molecule has 0 saturated heterocycles. The van der Waals surface area contributed by atoms with Gasteiger partial charge in [0.2, 0.25) is 0 Å². The van der Waals surface area contributed by atoms with Gasteiger partial charge in [-0.05, 0) is 55.3 Å². The van der Waals surface area contributed by atoms with Crippen LogP contribution < -0.4 is 5.32 Å². The molecule has 0 spiro atoms. The number of benzene rings is 2. The van der Waals surface area contributed by atoms with E-state index in [1.807, 2.05) is 43.9 Å². The van der Waals surface area contributed by atoms with E-state index < -0.39 is 5.60 Å². The van der Waals surface area contributed by atoms with E-state index in [-0.39, 0.29) is 5.92 Å². The van der Waals surface area contributed by atoms with Gasteiger partial charge in [0.15, 0.2) is 0 Å². The van der Waals surface area contributed by atoms with Gasteiger partial charge in [0.1, 0.15) is 0 Å². The minimum atomic E-state index is -0.859. The molecule has 0 saturated carbocycles. The monoisotopic (exact) mass is 357 g/mol. The third-order valence-electron chi connectivity index (χ3n) is 4.47. The molecule has 2 unspecified atom stereocenters. The second kappa shape index (κ2) is 9.42. The van der Waals surface area contributed by atoms with Crippen LogP contribution in [0.1, 0.15) is 44.2 Å². The molecule has 25 heavy (non-hydrogen) atoms. The van der Waals surface area contributed by atoms with Gasteiger partial charge in [-0.1, -0.05) is 56.3 Å². The molecule has 2 aromatic rings. The molecule has 3 heteroatoms. The van der Waals surface area contributed by atoms with Gasteiger partial charge in [0.05, 0.1) is 5.60 Å². The highest BCUT2D eigenvalue weighted by atomic mass is 32.2.